The van der Waals surface area contributed by atoms with Crippen LogP contribution in [-0.2, 0) is 19.1 Å². The molecule has 14 heavy (non-hydrogen) atoms. The van der Waals surface area contributed by atoms with Gasteiger partial charge in [-0.1, -0.05) is 12.2 Å². The van der Waals surface area contributed by atoms with Crippen molar-refractivity contribution in [3.8, 4) is 0 Å². The van der Waals surface area contributed by atoms with Crippen LogP contribution < -0.4 is 0 Å². The number of esters is 2. The topological polar surface area (TPSA) is 52.6 Å². The van der Waals surface area contributed by atoms with Crippen LogP contribution in [-0.4, -0.2) is 25.2 Å². The average molecular weight is 200 g/mol. The highest BCUT2D eigenvalue weighted by molar-refractivity contribution is 5.73. The first kappa shape index (κ1) is 12.7. The molecule has 0 radical (unpaired) electrons. The molecule has 4 nitrogen and oxygen atoms in total. The number of carbonyl (C=O) groups is 2. The van der Waals surface area contributed by atoms with Crippen LogP contribution in [0.4, 0.5) is 0 Å². The van der Waals surface area contributed by atoms with Crippen molar-refractivity contribution in [2.45, 2.75) is 26.7 Å². The third-order valence-corrected chi connectivity index (χ3v) is 1.35. The second kappa shape index (κ2) is 8.29. The van der Waals surface area contributed by atoms with Gasteiger partial charge in [0.2, 0.25) is 0 Å². The van der Waals surface area contributed by atoms with Crippen molar-refractivity contribution >= 4 is 11.9 Å². The summed E-state index contributed by atoms with van der Waals surface area (Å²) < 4.78 is 9.38. The summed E-state index contributed by atoms with van der Waals surface area (Å²) in [4.78, 5) is 21.6. The van der Waals surface area contributed by atoms with E-state index in [2.05, 4.69) is 0 Å². The van der Waals surface area contributed by atoms with Gasteiger partial charge in [0.1, 0.15) is 0 Å². The Kier molecular flexibility index (Phi) is 7.50. The minimum Gasteiger partial charge on any atom is -0.466 e. The quantitative estimate of drug-likeness (QED) is 0.481. The zero-order valence-electron chi connectivity index (χ0n) is 8.62. The van der Waals surface area contributed by atoms with Crippen LogP contribution >= 0.6 is 0 Å². The first-order valence-electron chi connectivity index (χ1n) is 4.66. The van der Waals surface area contributed by atoms with Crippen molar-refractivity contribution in [1.82, 2.24) is 0 Å². The minimum atomic E-state index is -0.285. The maximum atomic E-state index is 10.8. The first-order valence-corrected chi connectivity index (χ1v) is 4.66. The summed E-state index contributed by atoms with van der Waals surface area (Å²) in [5.74, 6) is -0.569. The zero-order chi connectivity index (χ0) is 10.8. The largest absolute Gasteiger partial charge is 0.466 e. The highest BCUT2D eigenvalue weighted by atomic mass is 16.5. The van der Waals surface area contributed by atoms with Crippen molar-refractivity contribution in [2.75, 3.05) is 13.2 Å². The van der Waals surface area contributed by atoms with E-state index < -0.39 is 0 Å². The lowest BCUT2D eigenvalue weighted by molar-refractivity contribution is -0.143. The standard InChI is InChI=1S/C10H16O4/c1-3-13-9(11)7-5-6-8-10(12)14-4-2/h5-6H,3-4,7-8H2,1-2H3. The van der Waals surface area contributed by atoms with Gasteiger partial charge in [-0.05, 0) is 13.8 Å². The van der Waals surface area contributed by atoms with Gasteiger partial charge in [-0.2, -0.15) is 0 Å². The molecule has 0 bridgehead atoms. The van der Waals surface area contributed by atoms with Crippen molar-refractivity contribution < 1.29 is 19.1 Å². The fraction of sp³-hybridized carbons (Fsp3) is 0.600. The van der Waals surface area contributed by atoms with Crippen LogP contribution in [0.3, 0.4) is 0 Å². The maximum Gasteiger partial charge on any atom is 0.309 e. The molecule has 4 heteroatoms. The summed E-state index contributed by atoms with van der Waals surface area (Å²) in [6.07, 6.45) is 3.62. The Morgan fingerprint density at radius 2 is 1.29 bits per heavy atom. The Morgan fingerprint density at radius 3 is 1.57 bits per heavy atom. The van der Waals surface area contributed by atoms with Crippen molar-refractivity contribution in [2.24, 2.45) is 0 Å². The van der Waals surface area contributed by atoms with E-state index in [1.54, 1.807) is 26.0 Å². The number of carbonyl (C=O) groups excluding carboxylic acids is 2. The summed E-state index contributed by atoms with van der Waals surface area (Å²) in [6, 6.07) is 0. The summed E-state index contributed by atoms with van der Waals surface area (Å²) >= 11 is 0. The summed E-state index contributed by atoms with van der Waals surface area (Å²) in [5.41, 5.74) is 0. The molecule has 80 valence electrons. The second-order valence-corrected chi connectivity index (χ2v) is 2.49. The van der Waals surface area contributed by atoms with Gasteiger partial charge in [0.25, 0.3) is 0 Å². The Bertz CT molecular complexity index is 186. The van der Waals surface area contributed by atoms with Crippen molar-refractivity contribution in [3.05, 3.63) is 12.2 Å². The Balaban J connectivity index is 3.53. The molecular formula is C10H16O4. The molecule has 0 fully saturated rings. The monoisotopic (exact) mass is 200 g/mol. The molecule has 0 saturated heterocycles. The summed E-state index contributed by atoms with van der Waals surface area (Å²) in [7, 11) is 0. The average Bonchev–Trinajstić information content (AvgIpc) is 2.13. The van der Waals surface area contributed by atoms with Gasteiger partial charge in [0, 0.05) is 0 Å². The zero-order valence-corrected chi connectivity index (χ0v) is 8.62. The van der Waals surface area contributed by atoms with E-state index in [-0.39, 0.29) is 24.8 Å². The SMILES string of the molecule is CCOC(=O)CC=CCC(=O)OCC. The molecule has 0 unspecified atom stereocenters. The van der Waals surface area contributed by atoms with E-state index in [1.807, 2.05) is 0 Å². The first-order chi connectivity index (χ1) is 6.70. The van der Waals surface area contributed by atoms with Crippen LogP contribution in [0.5, 0.6) is 0 Å². The highest BCUT2D eigenvalue weighted by Crippen LogP contribution is 1.93. The Hall–Kier alpha value is -1.32. The Labute approximate surface area is 83.9 Å². The predicted octanol–water partition coefficient (Wildman–Crippen LogP) is 1.45. The molecule has 0 aromatic carbocycles. The molecule has 0 spiro atoms. The lowest BCUT2D eigenvalue weighted by atomic mass is 10.3. The van der Waals surface area contributed by atoms with Gasteiger partial charge >= 0.3 is 11.9 Å². The molecule has 0 rings (SSSR count). The van der Waals surface area contributed by atoms with Gasteiger partial charge in [-0.3, -0.25) is 9.59 Å². The van der Waals surface area contributed by atoms with Crippen LogP contribution in [0, 0.1) is 0 Å². The normalized spacial score (nSPS) is 10.1. The smallest absolute Gasteiger partial charge is 0.309 e. The van der Waals surface area contributed by atoms with Crippen LogP contribution in [0.15, 0.2) is 12.2 Å². The van der Waals surface area contributed by atoms with Crippen molar-refractivity contribution in [1.29, 1.82) is 0 Å². The molecule has 0 aliphatic heterocycles. The van der Waals surface area contributed by atoms with Crippen LogP contribution in [0.1, 0.15) is 26.7 Å². The lowest BCUT2D eigenvalue weighted by Gasteiger charge is -1.97. The predicted molar refractivity (Wildman–Crippen MR) is 51.6 cm³/mol. The molecule has 0 aromatic heterocycles. The fourth-order valence-electron chi connectivity index (χ4n) is 0.799. The van der Waals surface area contributed by atoms with E-state index in [9.17, 15) is 9.59 Å². The van der Waals surface area contributed by atoms with E-state index >= 15 is 0 Å². The molecule has 0 heterocycles. The van der Waals surface area contributed by atoms with Gasteiger partial charge in [-0.15, -0.1) is 0 Å². The summed E-state index contributed by atoms with van der Waals surface area (Å²) in [5, 5.41) is 0. The van der Waals surface area contributed by atoms with Crippen LogP contribution in [0.25, 0.3) is 0 Å². The fourth-order valence-corrected chi connectivity index (χ4v) is 0.799. The van der Waals surface area contributed by atoms with Crippen molar-refractivity contribution in [3.63, 3.8) is 0 Å². The molecule has 0 amide bonds. The number of rotatable bonds is 6. The van der Waals surface area contributed by atoms with Gasteiger partial charge in [-0.25, -0.2) is 0 Å². The molecule has 0 N–H and O–H groups in total. The van der Waals surface area contributed by atoms with E-state index in [1.165, 1.54) is 0 Å². The van der Waals surface area contributed by atoms with Crippen LogP contribution in [0.2, 0.25) is 0 Å². The number of ether oxygens (including phenoxy) is 2. The second-order valence-electron chi connectivity index (χ2n) is 2.49. The maximum absolute atomic E-state index is 10.8. The third-order valence-electron chi connectivity index (χ3n) is 1.35. The molecule has 0 aliphatic carbocycles. The molecule has 0 aromatic rings. The van der Waals surface area contributed by atoms with E-state index in [4.69, 9.17) is 9.47 Å². The van der Waals surface area contributed by atoms with Gasteiger partial charge in [0.15, 0.2) is 0 Å². The molecule has 0 atom stereocenters. The molecular weight excluding hydrogens is 184 g/mol. The molecule has 0 aliphatic rings. The third kappa shape index (κ3) is 7.34. The van der Waals surface area contributed by atoms with Gasteiger partial charge in [0.05, 0.1) is 26.1 Å². The van der Waals surface area contributed by atoms with Gasteiger partial charge < -0.3 is 9.47 Å². The van der Waals surface area contributed by atoms with E-state index in [0.717, 1.165) is 0 Å². The lowest BCUT2D eigenvalue weighted by Crippen LogP contribution is -2.03. The number of hydrogen-bond donors (Lipinski definition) is 0. The highest BCUT2D eigenvalue weighted by Gasteiger charge is 1.98. The Morgan fingerprint density at radius 1 is 0.929 bits per heavy atom. The minimum absolute atomic E-state index is 0.202. The number of hydrogen-bond acceptors (Lipinski definition) is 4. The molecule has 0 saturated carbocycles. The van der Waals surface area contributed by atoms with E-state index in [0.29, 0.717) is 13.2 Å². The summed E-state index contributed by atoms with van der Waals surface area (Å²) in [6.45, 7) is 4.26.